The molecule has 0 saturated carbocycles. The van der Waals surface area contributed by atoms with Crippen LogP contribution in [-0.2, 0) is 6.42 Å². The van der Waals surface area contributed by atoms with Crippen molar-refractivity contribution >= 4 is 24.9 Å². The first-order chi connectivity index (χ1) is 8.06. The molecule has 1 aromatic heterocycles. The van der Waals surface area contributed by atoms with Gasteiger partial charge in [-0.3, -0.25) is 4.98 Å². The Morgan fingerprint density at radius 1 is 1.35 bits per heavy atom. The van der Waals surface area contributed by atoms with Crippen molar-refractivity contribution in [1.82, 2.24) is 4.98 Å². The molecule has 0 saturated heterocycles. The number of nitrogens with zero attached hydrogens (tertiary/aromatic N) is 1. The van der Waals surface area contributed by atoms with Crippen molar-refractivity contribution in [2.75, 3.05) is 0 Å². The van der Waals surface area contributed by atoms with Crippen LogP contribution in [0.4, 0.5) is 4.39 Å². The Bertz CT molecular complexity index is 557. The van der Waals surface area contributed by atoms with Crippen molar-refractivity contribution in [1.29, 1.82) is 0 Å². The van der Waals surface area contributed by atoms with Gasteiger partial charge in [0, 0.05) is 18.3 Å². The summed E-state index contributed by atoms with van der Waals surface area (Å²) in [5.74, 6) is -0.381. The Balaban J connectivity index is 2.28. The second-order valence-electron chi connectivity index (χ2n) is 4.20. The molecule has 86 valence electrons. The number of hydrogen-bond acceptors (Lipinski definition) is 1. The lowest BCUT2D eigenvalue weighted by Crippen LogP contribution is -2.07. The molecule has 0 bridgehead atoms. The number of hydrogen-bond donors (Lipinski definition) is 0. The van der Waals surface area contributed by atoms with Gasteiger partial charge in [0.1, 0.15) is 13.7 Å². The summed E-state index contributed by atoms with van der Waals surface area (Å²) >= 11 is 5.65. The minimum absolute atomic E-state index is 0.155. The molecule has 0 spiro atoms. The van der Waals surface area contributed by atoms with Crippen LogP contribution in [0.2, 0.25) is 5.02 Å². The fourth-order valence-electron chi connectivity index (χ4n) is 1.77. The molecule has 0 N–H and O–H groups in total. The Morgan fingerprint density at radius 3 is 2.76 bits per heavy atom. The van der Waals surface area contributed by atoms with Crippen LogP contribution in [-0.4, -0.2) is 12.8 Å². The minimum atomic E-state index is -0.381. The monoisotopic (exact) mass is 247 g/mol. The van der Waals surface area contributed by atoms with Crippen LogP contribution in [0.25, 0.3) is 0 Å². The van der Waals surface area contributed by atoms with E-state index in [2.05, 4.69) is 11.1 Å². The maximum absolute atomic E-state index is 13.3. The largest absolute Gasteiger partial charge is 0.261 e. The molecule has 0 aliphatic heterocycles. The molecule has 1 nitrogen and oxygen atoms in total. The van der Waals surface area contributed by atoms with E-state index in [-0.39, 0.29) is 10.8 Å². The number of halogens is 2. The van der Waals surface area contributed by atoms with Crippen LogP contribution in [0.15, 0.2) is 30.5 Å². The summed E-state index contributed by atoms with van der Waals surface area (Å²) in [6.45, 7) is 2.02. The van der Waals surface area contributed by atoms with Crippen molar-refractivity contribution in [3.63, 3.8) is 0 Å². The van der Waals surface area contributed by atoms with Crippen molar-refractivity contribution in [3.8, 4) is 0 Å². The highest BCUT2D eigenvalue weighted by atomic mass is 35.5. The molecule has 0 amide bonds. The average molecular weight is 248 g/mol. The summed E-state index contributed by atoms with van der Waals surface area (Å²) in [7, 11) is 2.01. The molecule has 4 heteroatoms. The van der Waals surface area contributed by atoms with Gasteiger partial charge in [-0.2, -0.15) is 0 Å². The Hall–Kier alpha value is -1.35. The van der Waals surface area contributed by atoms with E-state index in [9.17, 15) is 4.39 Å². The molecule has 0 atom stereocenters. The number of aryl methyl sites for hydroxylation is 1. The summed E-state index contributed by atoms with van der Waals surface area (Å²) in [4.78, 5) is 4.37. The normalized spacial score (nSPS) is 10.5. The van der Waals surface area contributed by atoms with Gasteiger partial charge >= 0.3 is 0 Å². The SMILES string of the molecule is Bc1cnc(Cc2ccc(Cl)c(F)c2)c(C)c1. The van der Waals surface area contributed by atoms with E-state index in [0.29, 0.717) is 6.42 Å². The zero-order valence-corrected chi connectivity index (χ0v) is 10.6. The van der Waals surface area contributed by atoms with Gasteiger partial charge in [0.05, 0.1) is 5.02 Å². The molecular weight excluding hydrogens is 235 g/mol. The molecule has 1 aromatic carbocycles. The quantitative estimate of drug-likeness (QED) is 0.740. The zero-order chi connectivity index (χ0) is 12.4. The molecule has 0 aliphatic carbocycles. The van der Waals surface area contributed by atoms with Crippen LogP contribution in [0.1, 0.15) is 16.8 Å². The van der Waals surface area contributed by atoms with Crippen LogP contribution in [0, 0.1) is 12.7 Å². The highest BCUT2D eigenvalue weighted by molar-refractivity contribution is 6.32. The molecule has 2 rings (SSSR count). The van der Waals surface area contributed by atoms with Gasteiger partial charge in [0.25, 0.3) is 0 Å². The number of aromatic nitrogens is 1. The summed E-state index contributed by atoms with van der Waals surface area (Å²) in [5.41, 5.74) is 4.11. The number of pyridine rings is 1. The van der Waals surface area contributed by atoms with E-state index in [1.165, 1.54) is 6.07 Å². The lowest BCUT2D eigenvalue weighted by molar-refractivity contribution is 0.626. The van der Waals surface area contributed by atoms with Crippen LogP contribution >= 0.6 is 11.6 Å². The van der Waals surface area contributed by atoms with E-state index >= 15 is 0 Å². The fraction of sp³-hybridized carbons (Fsp3) is 0.154. The van der Waals surface area contributed by atoms with E-state index in [1.807, 2.05) is 27.0 Å². The smallest absolute Gasteiger partial charge is 0.142 e. The van der Waals surface area contributed by atoms with Gasteiger partial charge in [0.2, 0.25) is 0 Å². The number of rotatable bonds is 2. The topological polar surface area (TPSA) is 12.9 Å². The van der Waals surface area contributed by atoms with Gasteiger partial charge in [-0.05, 0) is 30.2 Å². The summed E-state index contributed by atoms with van der Waals surface area (Å²) < 4.78 is 13.3. The fourth-order valence-corrected chi connectivity index (χ4v) is 1.89. The summed E-state index contributed by atoms with van der Waals surface area (Å²) in [5, 5.41) is 0.155. The maximum Gasteiger partial charge on any atom is 0.142 e. The second kappa shape index (κ2) is 4.88. The maximum atomic E-state index is 13.3. The minimum Gasteiger partial charge on any atom is -0.261 e. The van der Waals surface area contributed by atoms with E-state index in [0.717, 1.165) is 22.3 Å². The summed E-state index contributed by atoms with van der Waals surface area (Å²) in [6.07, 6.45) is 2.45. The van der Waals surface area contributed by atoms with Crippen molar-refractivity contribution in [2.24, 2.45) is 0 Å². The summed E-state index contributed by atoms with van der Waals surface area (Å²) in [6, 6.07) is 6.94. The van der Waals surface area contributed by atoms with Crippen LogP contribution < -0.4 is 5.46 Å². The van der Waals surface area contributed by atoms with E-state index < -0.39 is 0 Å². The average Bonchev–Trinajstić information content (AvgIpc) is 2.27. The van der Waals surface area contributed by atoms with Gasteiger partial charge in [0.15, 0.2) is 0 Å². The van der Waals surface area contributed by atoms with Crippen molar-refractivity contribution in [3.05, 3.63) is 58.1 Å². The standard InChI is InChI=1S/C13H12BClFN/c1-8-4-10(14)7-17-13(8)6-9-2-3-11(15)12(16)5-9/h2-5,7H,6,14H2,1H3. The highest BCUT2D eigenvalue weighted by Gasteiger charge is 2.05. The zero-order valence-electron chi connectivity index (χ0n) is 9.80. The molecule has 0 aliphatic rings. The predicted octanol–water partition coefficient (Wildman–Crippen LogP) is 2.03. The van der Waals surface area contributed by atoms with E-state index in [1.54, 1.807) is 6.07 Å². The first kappa shape index (κ1) is 12.1. The molecule has 0 unspecified atom stereocenters. The van der Waals surface area contributed by atoms with Crippen molar-refractivity contribution < 1.29 is 4.39 Å². The Kier molecular flexibility index (Phi) is 3.48. The Morgan fingerprint density at radius 2 is 2.12 bits per heavy atom. The first-order valence-electron chi connectivity index (χ1n) is 5.42. The van der Waals surface area contributed by atoms with E-state index in [4.69, 9.17) is 11.6 Å². The molecule has 1 heterocycles. The van der Waals surface area contributed by atoms with Gasteiger partial charge in [-0.1, -0.05) is 29.2 Å². The third kappa shape index (κ3) is 2.86. The first-order valence-corrected chi connectivity index (χ1v) is 5.80. The predicted molar refractivity (Wildman–Crippen MR) is 71.4 cm³/mol. The molecule has 0 radical (unpaired) electrons. The van der Waals surface area contributed by atoms with Gasteiger partial charge < -0.3 is 0 Å². The lowest BCUT2D eigenvalue weighted by Gasteiger charge is -2.06. The van der Waals surface area contributed by atoms with Crippen molar-refractivity contribution in [2.45, 2.75) is 13.3 Å². The Labute approximate surface area is 106 Å². The second-order valence-corrected chi connectivity index (χ2v) is 4.61. The third-order valence-electron chi connectivity index (χ3n) is 2.68. The van der Waals surface area contributed by atoms with Crippen LogP contribution in [0.3, 0.4) is 0 Å². The lowest BCUT2D eigenvalue weighted by atomic mass is 9.95. The molecule has 17 heavy (non-hydrogen) atoms. The molecular formula is C13H12BClFN. The third-order valence-corrected chi connectivity index (χ3v) is 2.99. The number of benzene rings is 1. The van der Waals surface area contributed by atoms with Crippen LogP contribution in [0.5, 0.6) is 0 Å². The van der Waals surface area contributed by atoms with Gasteiger partial charge in [-0.25, -0.2) is 4.39 Å². The van der Waals surface area contributed by atoms with Gasteiger partial charge in [-0.15, -0.1) is 0 Å². The highest BCUT2D eigenvalue weighted by Crippen LogP contribution is 2.18. The molecule has 0 fully saturated rings. The molecule has 2 aromatic rings.